The van der Waals surface area contributed by atoms with Crippen molar-refractivity contribution >= 4 is 28.2 Å². The average Bonchev–Trinajstić information content (AvgIpc) is 3.34. The lowest BCUT2D eigenvalue weighted by molar-refractivity contribution is 0.101. The van der Waals surface area contributed by atoms with Crippen LogP contribution in [0.25, 0.3) is 17.0 Å². The van der Waals surface area contributed by atoms with E-state index >= 15 is 0 Å². The van der Waals surface area contributed by atoms with Gasteiger partial charge in [-0.25, -0.2) is 9.97 Å². The van der Waals surface area contributed by atoms with E-state index in [1.165, 1.54) is 11.3 Å². The molecular formula is C19H18N6O3S. The minimum atomic E-state index is -0.505. The van der Waals surface area contributed by atoms with Gasteiger partial charge in [-0.05, 0) is 32.9 Å². The molecular weight excluding hydrogens is 392 g/mol. The largest absolute Gasteiger partial charge is 0.494 e. The number of aryl methyl sites for hydroxylation is 1. The molecule has 0 saturated carbocycles. The number of carbonyl (C=O) groups excluding carboxylic acids is 1. The highest BCUT2D eigenvalue weighted by molar-refractivity contribution is 7.14. The number of thiazole rings is 1. The van der Waals surface area contributed by atoms with Crippen molar-refractivity contribution in [2.45, 2.75) is 20.8 Å². The van der Waals surface area contributed by atoms with E-state index in [0.29, 0.717) is 23.0 Å². The average molecular weight is 410 g/mol. The fourth-order valence-electron chi connectivity index (χ4n) is 2.74. The number of aromatic nitrogens is 5. The van der Waals surface area contributed by atoms with E-state index in [1.54, 1.807) is 13.8 Å². The lowest BCUT2D eigenvalue weighted by Crippen LogP contribution is -2.20. The minimum absolute atomic E-state index is 0.0188. The van der Waals surface area contributed by atoms with Crippen LogP contribution in [0.4, 0.5) is 5.13 Å². The molecule has 3 aromatic heterocycles. The van der Waals surface area contributed by atoms with Crippen molar-refractivity contribution in [1.29, 1.82) is 0 Å². The maximum absolute atomic E-state index is 12.5. The number of anilines is 1. The Hall–Kier alpha value is -3.53. The first-order valence-electron chi connectivity index (χ1n) is 8.92. The fourth-order valence-corrected chi connectivity index (χ4v) is 3.45. The number of nitrogens with zero attached hydrogens (tertiary/aromatic N) is 4. The molecule has 2 N–H and O–H groups in total. The van der Waals surface area contributed by atoms with Crippen LogP contribution in [0.1, 0.15) is 28.8 Å². The summed E-state index contributed by atoms with van der Waals surface area (Å²) in [5.74, 6) is 0.383. The van der Waals surface area contributed by atoms with E-state index in [1.807, 2.05) is 36.6 Å². The van der Waals surface area contributed by atoms with Gasteiger partial charge in [0.25, 0.3) is 17.2 Å². The van der Waals surface area contributed by atoms with E-state index in [0.717, 1.165) is 21.5 Å². The third kappa shape index (κ3) is 3.61. The molecule has 148 valence electrons. The zero-order chi connectivity index (χ0) is 20.5. The Bertz CT molecular complexity index is 1270. The van der Waals surface area contributed by atoms with Gasteiger partial charge in [-0.15, -0.1) is 11.3 Å². The normalized spacial score (nSPS) is 11.0. The first kappa shape index (κ1) is 18.8. The molecule has 0 saturated heterocycles. The molecule has 0 atom stereocenters. The smallest absolute Gasteiger partial charge is 0.294 e. The molecule has 9 nitrogen and oxygen atoms in total. The minimum Gasteiger partial charge on any atom is -0.494 e. The van der Waals surface area contributed by atoms with Crippen LogP contribution in [-0.2, 0) is 0 Å². The van der Waals surface area contributed by atoms with Crippen molar-refractivity contribution in [3.63, 3.8) is 0 Å². The van der Waals surface area contributed by atoms with Crippen LogP contribution in [0.5, 0.6) is 5.75 Å². The van der Waals surface area contributed by atoms with Gasteiger partial charge < -0.3 is 4.74 Å². The molecule has 4 rings (SSSR count). The molecule has 3 heterocycles. The predicted octanol–water partition coefficient (Wildman–Crippen LogP) is 2.81. The number of amides is 1. The Morgan fingerprint density at radius 3 is 2.90 bits per heavy atom. The number of rotatable bonds is 5. The summed E-state index contributed by atoms with van der Waals surface area (Å²) in [4.78, 5) is 37.6. The molecule has 1 aromatic carbocycles. The summed E-state index contributed by atoms with van der Waals surface area (Å²) in [5.41, 5.74) is 2.40. The SMILES string of the molecule is CCOc1cccc(-c2csc(NC(=O)c3nc4nc(C)c(C)c(=O)n4[nH]3)n2)c1. The van der Waals surface area contributed by atoms with Gasteiger partial charge in [-0.3, -0.25) is 20.0 Å². The Morgan fingerprint density at radius 1 is 1.28 bits per heavy atom. The summed E-state index contributed by atoms with van der Waals surface area (Å²) in [5, 5.41) is 7.65. The van der Waals surface area contributed by atoms with Gasteiger partial charge in [-0.1, -0.05) is 12.1 Å². The molecule has 0 spiro atoms. The van der Waals surface area contributed by atoms with Gasteiger partial charge in [-0.2, -0.15) is 9.50 Å². The van der Waals surface area contributed by atoms with E-state index < -0.39 is 5.91 Å². The second-order valence-corrected chi connectivity index (χ2v) is 7.15. The van der Waals surface area contributed by atoms with E-state index in [9.17, 15) is 9.59 Å². The van der Waals surface area contributed by atoms with Crippen molar-refractivity contribution < 1.29 is 9.53 Å². The summed E-state index contributed by atoms with van der Waals surface area (Å²) < 4.78 is 6.67. The van der Waals surface area contributed by atoms with Gasteiger partial charge in [0.2, 0.25) is 5.82 Å². The van der Waals surface area contributed by atoms with Crippen LogP contribution in [0.2, 0.25) is 0 Å². The number of aromatic amines is 1. The van der Waals surface area contributed by atoms with Crippen molar-refractivity contribution in [2.75, 3.05) is 11.9 Å². The topological polar surface area (TPSA) is 114 Å². The molecule has 0 bridgehead atoms. The van der Waals surface area contributed by atoms with Crippen LogP contribution in [0, 0.1) is 13.8 Å². The van der Waals surface area contributed by atoms with Crippen LogP contribution in [-0.4, -0.2) is 37.1 Å². The highest BCUT2D eigenvalue weighted by atomic mass is 32.1. The molecule has 1 amide bonds. The zero-order valence-corrected chi connectivity index (χ0v) is 16.8. The monoisotopic (exact) mass is 410 g/mol. The fraction of sp³-hybridized carbons (Fsp3) is 0.211. The predicted molar refractivity (Wildman–Crippen MR) is 110 cm³/mol. The summed E-state index contributed by atoms with van der Waals surface area (Å²) in [6.07, 6.45) is 0. The summed E-state index contributed by atoms with van der Waals surface area (Å²) >= 11 is 1.29. The standard InChI is InChI=1S/C19H18N6O3S/c1-4-28-13-7-5-6-12(8-13)14-9-29-19(21-14)23-16(26)15-22-18-20-11(3)10(2)17(27)25(18)24-15/h5-9H,4H2,1-3H3,(H,20,22,24)(H,21,23,26). The third-order valence-corrected chi connectivity index (χ3v) is 5.10. The highest BCUT2D eigenvalue weighted by Gasteiger charge is 2.17. The first-order valence-corrected chi connectivity index (χ1v) is 9.80. The van der Waals surface area contributed by atoms with Gasteiger partial charge in [0.15, 0.2) is 5.13 Å². The molecule has 0 aliphatic rings. The molecule has 29 heavy (non-hydrogen) atoms. The van der Waals surface area contributed by atoms with E-state index in [2.05, 4.69) is 25.4 Å². The number of ether oxygens (including phenoxy) is 1. The lowest BCUT2D eigenvalue weighted by atomic mass is 10.2. The van der Waals surface area contributed by atoms with Crippen molar-refractivity contribution in [3.05, 3.63) is 57.1 Å². The van der Waals surface area contributed by atoms with Crippen LogP contribution in [0.3, 0.4) is 0 Å². The van der Waals surface area contributed by atoms with Gasteiger partial charge in [0, 0.05) is 22.2 Å². The lowest BCUT2D eigenvalue weighted by Gasteiger charge is -2.04. The number of benzene rings is 1. The quantitative estimate of drug-likeness (QED) is 0.523. The highest BCUT2D eigenvalue weighted by Crippen LogP contribution is 2.27. The van der Waals surface area contributed by atoms with E-state index in [-0.39, 0.29) is 17.2 Å². The summed E-state index contributed by atoms with van der Waals surface area (Å²) in [6.45, 7) is 5.90. The molecule has 0 aliphatic heterocycles. The Morgan fingerprint density at radius 2 is 2.10 bits per heavy atom. The Labute approximate surface area is 169 Å². The number of carbonyl (C=O) groups is 1. The van der Waals surface area contributed by atoms with Crippen molar-refractivity contribution in [3.8, 4) is 17.0 Å². The van der Waals surface area contributed by atoms with Crippen LogP contribution < -0.4 is 15.6 Å². The zero-order valence-electron chi connectivity index (χ0n) is 16.0. The third-order valence-electron chi connectivity index (χ3n) is 4.34. The molecule has 4 aromatic rings. The summed E-state index contributed by atoms with van der Waals surface area (Å²) in [6, 6.07) is 7.58. The second kappa shape index (κ2) is 7.47. The Balaban J connectivity index is 1.57. The number of hydrogen-bond donors (Lipinski definition) is 2. The van der Waals surface area contributed by atoms with Crippen molar-refractivity contribution in [1.82, 2.24) is 24.6 Å². The molecule has 0 radical (unpaired) electrons. The summed E-state index contributed by atoms with van der Waals surface area (Å²) in [7, 11) is 0. The second-order valence-electron chi connectivity index (χ2n) is 6.29. The van der Waals surface area contributed by atoms with Crippen LogP contribution >= 0.6 is 11.3 Å². The number of H-pyrrole nitrogens is 1. The molecule has 0 aliphatic carbocycles. The van der Waals surface area contributed by atoms with Gasteiger partial charge >= 0.3 is 0 Å². The Kier molecular flexibility index (Phi) is 4.85. The van der Waals surface area contributed by atoms with Gasteiger partial charge in [0.05, 0.1) is 12.3 Å². The molecule has 10 heteroatoms. The maximum Gasteiger partial charge on any atom is 0.294 e. The molecule has 0 unspecified atom stereocenters. The number of nitrogens with one attached hydrogen (secondary N) is 2. The maximum atomic E-state index is 12.5. The number of fused-ring (bicyclic) bond motifs is 1. The van der Waals surface area contributed by atoms with E-state index in [4.69, 9.17) is 4.74 Å². The van der Waals surface area contributed by atoms with Crippen LogP contribution in [0.15, 0.2) is 34.4 Å². The van der Waals surface area contributed by atoms with Crippen molar-refractivity contribution in [2.24, 2.45) is 0 Å². The molecule has 0 fully saturated rings. The van der Waals surface area contributed by atoms with Gasteiger partial charge in [0.1, 0.15) is 5.75 Å². The first-order chi connectivity index (χ1) is 14.0. The number of hydrogen-bond acceptors (Lipinski definition) is 7.